The minimum atomic E-state index is -1.57. The number of aromatic nitrogens is 1. The molecule has 1 N–H and O–H groups in total. The summed E-state index contributed by atoms with van der Waals surface area (Å²) in [4.78, 5) is 56.9. The lowest BCUT2D eigenvalue weighted by molar-refractivity contribution is -0.144. The van der Waals surface area contributed by atoms with Crippen LogP contribution in [-0.2, 0) is 22.6 Å². The number of rotatable bonds is 6. The van der Waals surface area contributed by atoms with Crippen LogP contribution in [0.5, 0.6) is 5.75 Å². The average molecular weight is 527 g/mol. The number of ether oxygens (including phenoxy) is 1. The van der Waals surface area contributed by atoms with Crippen molar-refractivity contribution in [3.05, 3.63) is 94.4 Å². The van der Waals surface area contributed by atoms with E-state index in [0.29, 0.717) is 36.6 Å². The largest absolute Gasteiger partial charge is 0.496 e. The highest BCUT2D eigenvalue weighted by molar-refractivity contribution is 6.30. The molecule has 4 heterocycles. The van der Waals surface area contributed by atoms with E-state index in [4.69, 9.17) is 4.74 Å². The van der Waals surface area contributed by atoms with Gasteiger partial charge in [0.25, 0.3) is 11.5 Å². The molecule has 39 heavy (non-hydrogen) atoms. The molecule has 6 rings (SSSR count). The zero-order chi connectivity index (χ0) is 27.1. The van der Waals surface area contributed by atoms with Crippen molar-refractivity contribution in [2.45, 2.75) is 25.3 Å². The van der Waals surface area contributed by atoms with Gasteiger partial charge in [-0.1, -0.05) is 42.5 Å². The molecule has 0 spiro atoms. The quantitative estimate of drug-likeness (QED) is 0.496. The van der Waals surface area contributed by atoms with Gasteiger partial charge in [0.15, 0.2) is 0 Å². The molecule has 9 nitrogen and oxygen atoms in total. The van der Waals surface area contributed by atoms with Crippen molar-refractivity contribution in [3.8, 4) is 5.75 Å². The third-order valence-corrected chi connectivity index (χ3v) is 8.22. The topological polar surface area (TPSA) is 101 Å². The van der Waals surface area contributed by atoms with Gasteiger partial charge in [-0.05, 0) is 42.2 Å². The van der Waals surface area contributed by atoms with Crippen molar-refractivity contribution in [2.75, 3.05) is 31.6 Å². The van der Waals surface area contributed by atoms with E-state index in [9.17, 15) is 19.2 Å². The number of nitrogens with one attached hydrogen (secondary N) is 1. The maximum Gasteiger partial charge on any atom is 0.335 e. The summed E-state index contributed by atoms with van der Waals surface area (Å²) in [6.07, 6.45) is 1.02. The molecule has 3 aliphatic heterocycles. The number of piperidine rings is 1. The average Bonchev–Trinajstić information content (AvgIpc) is 2.93. The van der Waals surface area contributed by atoms with E-state index in [-0.39, 0.29) is 30.4 Å². The smallest absolute Gasteiger partial charge is 0.335 e. The first-order chi connectivity index (χ1) is 18.9. The van der Waals surface area contributed by atoms with Gasteiger partial charge in [0.1, 0.15) is 11.2 Å². The van der Waals surface area contributed by atoms with Crippen LogP contribution in [0.15, 0.2) is 77.6 Å². The predicted molar refractivity (Wildman–Crippen MR) is 145 cm³/mol. The van der Waals surface area contributed by atoms with Crippen LogP contribution >= 0.6 is 0 Å². The Morgan fingerprint density at radius 2 is 1.67 bits per heavy atom. The highest BCUT2D eigenvalue weighted by atomic mass is 16.5. The standard InChI is InChI=1S/C30H30N4O5/c1-39-25-12-6-5-8-21(25)15-30(27(36)31-29(38)34(28(30)37)23-9-3-2-4-10-23)19-32-16-20-14-22(18-32)24-11-7-13-26(35)33(24)17-20/h2-13,20,22H,14-19H2,1H3,(H,31,36,38). The van der Waals surface area contributed by atoms with Gasteiger partial charge in [-0.2, -0.15) is 0 Å². The molecule has 3 atom stereocenters. The molecule has 3 aliphatic rings. The van der Waals surface area contributed by atoms with E-state index >= 15 is 0 Å². The Morgan fingerprint density at radius 3 is 2.46 bits per heavy atom. The maximum absolute atomic E-state index is 14.4. The van der Waals surface area contributed by atoms with E-state index < -0.39 is 23.3 Å². The monoisotopic (exact) mass is 526 g/mol. The Kier molecular flexibility index (Phi) is 6.31. The molecule has 3 aromatic rings. The molecular weight excluding hydrogens is 496 g/mol. The molecule has 0 saturated carbocycles. The van der Waals surface area contributed by atoms with Gasteiger partial charge >= 0.3 is 6.03 Å². The highest BCUT2D eigenvalue weighted by Crippen LogP contribution is 2.40. The van der Waals surface area contributed by atoms with Crippen molar-refractivity contribution in [2.24, 2.45) is 11.3 Å². The third-order valence-electron chi connectivity index (χ3n) is 8.22. The Hall–Kier alpha value is -4.24. The van der Waals surface area contributed by atoms with E-state index in [0.717, 1.165) is 17.0 Å². The molecule has 9 heteroatoms. The minimum absolute atomic E-state index is 0.00199. The van der Waals surface area contributed by atoms with Gasteiger partial charge in [0.05, 0.1) is 12.8 Å². The van der Waals surface area contributed by atoms with Crippen LogP contribution in [0.2, 0.25) is 0 Å². The van der Waals surface area contributed by atoms with Crippen molar-refractivity contribution in [3.63, 3.8) is 0 Å². The number of amides is 4. The van der Waals surface area contributed by atoms with Crippen LogP contribution in [0.4, 0.5) is 10.5 Å². The SMILES string of the molecule is COc1ccccc1CC1(CN2CC3CC(C2)c2cccc(=O)n2C3)C(=O)NC(=O)N(c2ccccc2)C1=O. The first-order valence-corrected chi connectivity index (χ1v) is 13.2. The number of carbonyl (C=O) groups is 3. The molecule has 0 aliphatic carbocycles. The molecule has 1 aromatic heterocycles. The molecular formula is C30H30N4O5. The number of urea groups is 1. The van der Waals surface area contributed by atoms with Crippen LogP contribution in [0, 0.1) is 11.3 Å². The number of pyridine rings is 1. The van der Waals surface area contributed by atoms with Gasteiger partial charge in [-0.25, -0.2) is 9.69 Å². The minimum Gasteiger partial charge on any atom is -0.496 e. The Labute approximate surface area is 226 Å². The van der Waals surface area contributed by atoms with E-state index in [2.05, 4.69) is 10.2 Å². The second-order valence-electron chi connectivity index (χ2n) is 10.7. The van der Waals surface area contributed by atoms with Crippen LogP contribution in [0.1, 0.15) is 23.6 Å². The van der Waals surface area contributed by atoms with Gasteiger partial charge in [-0.15, -0.1) is 0 Å². The van der Waals surface area contributed by atoms with Gasteiger partial charge in [0.2, 0.25) is 5.91 Å². The number of fused-ring (bicyclic) bond motifs is 4. The van der Waals surface area contributed by atoms with Crippen LogP contribution in [0.3, 0.4) is 0 Å². The fraction of sp³-hybridized carbons (Fsp3) is 0.333. The summed E-state index contributed by atoms with van der Waals surface area (Å²) in [6.45, 7) is 1.99. The number of methoxy groups -OCH3 is 1. The molecule has 2 aromatic carbocycles. The summed E-state index contributed by atoms with van der Waals surface area (Å²) in [6, 6.07) is 20.6. The third kappa shape index (κ3) is 4.32. The number of nitrogens with zero attached hydrogens (tertiary/aromatic N) is 3. The lowest BCUT2D eigenvalue weighted by Crippen LogP contribution is -2.68. The van der Waals surface area contributed by atoms with E-state index in [1.165, 1.54) is 0 Å². The first-order valence-electron chi connectivity index (χ1n) is 13.2. The summed E-state index contributed by atoms with van der Waals surface area (Å²) < 4.78 is 7.42. The molecule has 200 valence electrons. The maximum atomic E-state index is 14.4. The normalized spacial score (nSPS) is 24.7. The van der Waals surface area contributed by atoms with Gasteiger partial charge < -0.3 is 14.2 Å². The van der Waals surface area contributed by atoms with Crippen molar-refractivity contribution in [1.82, 2.24) is 14.8 Å². The summed E-state index contributed by atoms with van der Waals surface area (Å²) in [5.74, 6) is -0.260. The second kappa shape index (κ2) is 9.81. The summed E-state index contributed by atoms with van der Waals surface area (Å²) in [5, 5.41) is 2.48. The van der Waals surface area contributed by atoms with Gasteiger partial charge in [0, 0.05) is 50.3 Å². The Bertz CT molecular complexity index is 1500. The lowest BCUT2D eigenvalue weighted by Gasteiger charge is -2.47. The fourth-order valence-corrected chi connectivity index (χ4v) is 6.52. The van der Waals surface area contributed by atoms with Gasteiger partial charge in [-0.3, -0.25) is 19.7 Å². The van der Waals surface area contributed by atoms with E-state index in [1.54, 1.807) is 55.6 Å². The molecule has 2 bridgehead atoms. The molecule has 2 fully saturated rings. The number of likely N-dealkylation sites (tertiary alicyclic amines) is 1. The number of imide groups is 2. The number of hydrogen-bond donors (Lipinski definition) is 1. The van der Waals surface area contributed by atoms with Crippen molar-refractivity contribution < 1.29 is 19.1 Å². The first kappa shape index (κ1) is 25.1. The lowest BCUT2D eigenvalue weighted by atomic mass is 9.75. The molecule has 3 unspecified atom stereocenters. The summed E-state index contributed by atoms with van der Waals surface area (Å²) in [7, 11) is 1.55. The molecule has 2 saturated heterocycles. The fourth-order valence-electron chi connectivity index (χ4n) is 6.52. The number of anilines is 1. The number of barbiturate groups is 1. The highest BCUT2D eigenvalue weighted by Gasteiger charge is 2.56. The number of para-hydroxylation sites is 2. The van der Waals surface area contributed by atoms with Crippen molar-refractivity contribution in [1.29, 1.82) is 0 Å². The van der Waals surface area contributed by atoms with Crippen molar-refractivity contribution >= 4 is 23.5 Å². The predicted octanol–water partition coefficient (Wildman–Crippen LogP) is 2.79. The zero-order valence-electron chi connectivity index (χ0n) is 21.7. The summed E-state index contributed by atoms with van der Waals surface area (Å²) >= 11 is 0. The van der Waals surface area contributed by atoms with Crippen LogP contribution in [-0.4, -0.2) is 54.1 Å². The van der Waals surface area contributed by atoms with Crippen LogP contribution < -0.4 is 20.5 Å². The second-order valence-corrected chi connectivity index (χ2v) is 10.7. The Morgan fingerprint density at radius 1 is 0.897 bits per heavy atom. The number of benzene rings is 2. The Balaban J connectivity index is 1.40. The molecule has 4 amide bonds. The molecule has 0 radical (unpaired) electrons. The van der Waals surface area contributed by atoms with E-state index in [1.807, 2.05) is 28.8 Å². The summed E-state index contributed by atoms with van der Waals surface area (Å²) in [5.41, 5.74) is 0.533. The zero-order valence-corrected chi connectivity index (χ0v) is 21.7. The number of carbonyl (C=O) groups excluding carboxylic acids is 3. The number of hydrogen-bond acceptors (Lipinski definition) is 6. The van der Waals surface area contributed by atoms with Crippen LogP contribution in [0.25, 0.3) is 0 Å².